The zero-order valence-corrected chi connectivity index (χ0v) is 12.8. The largest absolute Gasteiger partial charge is 0.224 e. The third-order valence-corrected chi connectivity index (χ3v) is 5.44. The van der Waals surface area contributed by atoms with Gasteiger partial charge in [-0.2, -0.15) is 0 Å². The lowest BCUT2D eigenvalue weighted by Crippen LogP contribution is -2.61. The van der Waals surface area contributed by atoms with Crippen LogP contribution in [0.1, 0.15) is 41.5 Å². The maximum Gasteiger partial charge on any atom is 0.131 e. The summed E-state index contributed by atoms with van der Waals surface area (Å²) in [7, 11) is 0. The molecule has 4 rings (SSSR count). The summed E-state index contributed by atoms with van der Waals surface area (Å²) in [5.74, 6) is 4.01. The van der Waals surface area contributed by atoms with Crippen molar-refractivity contribution in [1.82, 2.24) is 0 Å². The molecule has 19 heavy (non-hydrogen) atoms. The minimum absolute atomic E-state index is 0.0253. The van der Waals surface area contributed by atoms with Gasteiger partial charge in [-0.05, 0) is 23.0 Å². The van der Waals surface area contributed by atoms with Gasteiger partial charge in [0.25, 0.3) is 0 Å². The molecule has 0 aromatic carbocycles. The third kappa shape index (κ3) is 1.31. The topological polar surface area (TPSA) is 18.5 Å². The van der Waals surface area contributed by atoms with Crippen LogP contribution in [0, 0.1) is 40.9 Å². The molecule has 2 bridgehead atoms. The van der Waals surface area contributed by atoms with Crippen LogP contribution in [0.2, 0.25) is 0 Å². The molecule has 0 spiro atoms. The second-order valence-electron chi connectivity index (χ2n) is 8.33. The summed E-state index contributed by atoms with van der Waals surface area (Å²) in [6, 6.07) is 0. The van der Waals surface area contributed by atoms with Crippen molar-refractivity contribution in [2.45, 2.75) is 52.7 Å². The quantitative estimate of drug-likeness (QED) is 0.376. The van der Waals surface area contributed by atoms with E-state index >= 15 is 0 Å². The van der Waals surface area contributed by atoms with Gasteiger partial charge in [-0.1, -0.05) is 41.5 Å². The van der Waals surface area contributed by atoms with Crippen molar-refractivity contribution in [3.05, 3.63) is 12.2 Å². The van der Waals surface area contributed by atoms with Crippen molar-refractivity contribution in [1.29, 1.82) is 0 Å². The second kappa shape index (κ2) is 3.27. The van der Waals surface area contributed by atoms with E-state index in [-0.39, 0.29) is 27.9 Å². The average Bonchev–Trinajstić information content (AvgIpc) is 3.03. The summed E-state index contributed by atoms with van der Waals surface area (Å²) in [4.78, 5) is 11.9. The van der Waals surface area contributed by atoms with E-state index in [9.17, 15) is 0 Å². The molecule has 2 nitrogen and oxygen atoms in total. The smallest absolute Gasteiger partial charge is 0.131 e. The summed E-state index contributed by atoms with van der Waals surface area (Å²) in [6.45, 7) is 13.2. The SMILES string of the molecule is C#CC1[C@@H]2[C@H]1[C@@]1(C(C)(C)C)C=C[C@]2(C(C)(C)C)OO1. The van der Waals surface area contributed by atoms with Crippen molar-refractivity contribution in [2.24, 2.45) is 28.6 Å². The monoisotopic (exact) mass is 260 g/mol. The third-order valence-electron chi connectivity index (χ3n) is 5.44. The molecule has 2 fully saturated rings. The highest BCUT2D eigenvalue weighted by Gasteiger charge is 2.78. The van der Waals surface area contributed by atoms with Gasteiger partial charge >= 0.3 is 0 Å². The van der Waals surface area contributed by atoms with Gasteiger partial charge in [0.05, 0.1) is 0 Å². The first-order valence-corrected chi connectivity index (χ1v) is 7.14. The normalized spacial score (nSPS) is 47.7. The molecular formula is C17H24O2. The van der Waals surface area contributed by atoms with E-state index in [2.05, 4.69) is 59.6 Å². The molecule has 1 saturated heterocycles. The Morgan fingerprint density at radius 1 is 0.895 bits per heavy atom. The van der Waals surface area contributed by atoms with Crippen LogP contribution in [-0.2, 0) is 9.78 Å². The molecule has 0 amide bonds. The molecule has 1 saturated carbocycles. The molecule has 1 unspecified atom stereocenters. The van der Waals surface area contributed by atoms with Gasteiger partial charge in [0.15, 0.2) is 0 Å². The van der Waals surface area contributed by atoms with E-state index in [1.807, 2.05) is 0 Å². The van der Waals surface area contributed by atoms with Crippen molar-refractivity contribution >= 4 is 0 Å². The van der Waals surface area contributed by atoms with Crippen LogP contribution < -0.4 is 0 Å². The highest BCUT2D eigenvalue weighted by molar-refractivity contribution is 5.40. The number of hydrogen-bond donors (Lipinski definition) is 0. The molecule has 4 aliphatic rings. The molecule has 0 aromatic heterocycles. The second-order valence-corrected chi connectivity index (χ2v) is 8.33. The first-order chi connectivity index (χ1) is 8.61. The van der Waals surface area contributed by atoms with Crippen molar-refractivity contribution in [2.75, 3.05) is 0 Å². The Morgan fingerprint density at radius 2 is 1.26 bits per heavy atom. The van der Waals surface area contributed by atoms with Crippen LogP contribution >= 0.6 is 0 Å². The zero-order valence-electron chi connectivity index (χ0n) is 12.8. The lowest BCUT2D eigenvalue weighted by molar-refractivity contribution is -0.461. The Bertz CT molecular complexity index is 447. The van der Waals surface area contributed by atoms with Gasteiger partial charge in [-0.25, -0.2) is 9.78 Å². The molecule has 0 N–H and O–H groups in total. The van der Waals surface area contributed by atoms with Crippen molar-refractivity contribution in [3.8, 4) is 12.3 Å². The highest BCUT2D eigenvalue weighted by Crippen LogP contribution is 2.72. The van der Waals surface area contributed by atoms with E-state index < -0.39 is 0 Å². The predicted octanol–water partition coefficient (Wildman–Crippen LogP) is 3.58. The Balaban J connectivity index is 2.14. The van der Waals surface area contributed by atoms with Gasteiger partial charge < -0.3 is 0 Å². The molecule has 0 aromatic rings. The van der Waals surface area contributed by atoms with Crippen LogP contribution in [0.15, 0.2) is 12.2 Å². The molecule has 2 heterocycles. The van der Waals surface area contributed by atoms with E-state index in [4.69, 9.17) is 16.2 Å². The summed E-state index contributed by atoms with van der Waals surface area (Å²) in [5, 5.41) is 0. The van der Waals surface area contributed by atoms with Crippen molar-refractivity contribution in [3.63, 3.8) is 0 Å². The summed E-state index contributed by atoms with van der Waals surface area (Å²) in [5.41, 5.74) is -0.797. The zero-order chi connectivity index (χ0) is 14.3. The van der Waals surface area contributed by atoms with E-state index in [1.165, 1.54) is 0 Å². The first kappa shape index (κ1) is 13.2. The minimum atomic E-state index is -0.373. The lowest BCUT2D eigenvalue weighted by Gasteiger charge is -2.55. The van der Waals surface area contributed by atoms with Gasteiger partial charge in [-0.3, -0.25) is 0 Å². The van der Waals surface area contributed by atoms with Crippen molar-refractivity contribution < 1.29 is 9.78 Å². The van der Waals surface area contributed by atoms with Gasteiger partial charge in [0.1, 0.15) is 11.2 Å². The average molecular weight is 260 g/mol. The molecule has 2 heteroatoms. The highest BCUT2D eigenvalue weighted by atomic mass is 17.2. The maximum atomic E-state index is 5.96. The number of fused-ring (bicyclic) bond motifs is 1. The fourth-order valence-corrected chi connectivity index (χ4v) is 4.11. The van der Waals surface area contributed by atoms with E-state index in [0.29, 0.717) is 11.8 Å². The Kier molecular flexibility index (Phi) is 2.27. The Hall–Kier alpha value is -0.780. The Morgan fingerprint density at radius 3 is 1.47 bits per heavy atom. The standard InChI is InChI=1S/C17H24O2/c1-8-11-12-13(11)17(15(5,6)7)10-9-16(12,18-19-17)14(2,3)4/h1,9-13H,2-7H3/t11?,12-,13+,16+,17-. The van der Waals surface area contributed by atoms with Crippen LogP contribution in [0.5, 0.6) is 0 Å². The minimum Gasteiger partial charge on any atom is -0.224 e. The molecule has 2 aliphatic heterocycles. The van der Waals surface area contributed by atoms with Gasteiger partial charge in [0.2, 0.25) is 0 Å². The Labute approximate surface area is 116 Å². The molecule has 0 radical (unpaired) electrons. The maximum absolute atomic E-state index is 5.96. The summed E-state index contributed by atoms with van der Waals surface area (Å²) in [6.07, 6.45) is 10.2. The van der Waals surface area contributed by atoms with E-state index in [0.717, 1.165) is 0 Å². The number of terminal acetylenes is 1. The number of hydrogen-bond acceptors (Lipinski definition) is 2. The van der Waals surface area contributed by atoms with Crippen LogP contribution in [0.3, 0.4) is 0 Å². The summed E-state index contributed by atoms with van der Waals surface area (Å²) < 4.78 is 0. The lowest BCUT2D eigenvalue weighted by atomic mass is 9.63. The predicted molar refractivity (Wildman–Crippen MR) is 75.0 cm³/mol. The van der Waals surface area contributed by atoms with Gasteiger partial charge in [0, 0.05) is 17.8 Å². The molecular weight excluding hydrogens is 236 g/mol. The fraction of sp³-hybridized carbons (Fsp3) is 0.765. The van der Waals surface area contributed by atoms with Crippen LogP contribution in [-0.4, -0.2) is 11.2 Å². The first-order valence-electron chi connectivity index (χ1n) is 7.14. The van der Waals surface area contributed by atoms with Gasteiger partial charge in [-0.15, -0.1) is 12.3 Å². The van der Waals surface area contributed by atoms with Crippen LogP contribution in [0.4, 0.5) is 0 Å². The van der Waals surface area contributed by atoms with E-state index in [1.54, 1.807) is 0 Å². The molecule has 104 valence electrons. The number of rotatable bonds is 0. The fourth-order valence-electron chi connectivity index (χ4n) is 4.11. The molecule has 5 atom stereocenters. The van der Waals surface area contributed by atoms with Crippen LogP contribution in [0.25, 0.3) is 0 Å². The molecule has 2 aliphatic carbocycles. The summed E-state index contributed by atoms with van der Waals surface area (Å²) >= 11 is 0.